The number of aromatic nitrogens is 2. The summed E-state index contributed by atoms with van der Waals surface area (Å²) in [6, 6.07) is 11.2. The van der Waals surface area contributed by atoms with Crippen LogP contribution in [0.2, 0.25) is 0 Å². The fourth-order valence-corrected chi connectivity index (χ4v) is 2.58. The second-order valence-electron chi connectivity index (χ2n) is 4.79. The SMILES string of the molecule is Cc1cccc(Nc2nc(C(=O)Nc3ccc(F)cc3)cs2)n1. The van der Waals surface area contributed by atoms with Crippen molar-refractivity contribution in [1.29, 1.82) is 0 Å². The molecule has 0 aliphatic heterocycles. The lowest BCUT2D eigenvalue weighted by atomic mass is 10.3. The van der Waals surface area contributed by atoms with E-state index in [-0.39, 0.29) is 17.4 Å². The molecule has 0 saturated heterocycles. The molecule has 2 aromatic heterocycles. The maximum atomic E-state index is 12.8. The highest BCUT2D eigenvalue weighted by Gasteiger charge is 2.11. The smallest absolute Gasteiger partial charge is 0.275 e. The van der Waals surface area contributed by atoms with E-state index < -0.39 is 0 Å². The molecule has 0 spiro atoms. The minimum atomic E-state index is -0.353. The quantitative estimate of drug-likeness (QED) is 0.760. The van der Waals surface area contributed by atoms with Crippen LogP contribution in [-0.4, -0.2) is 15.9 Å². The molecule has 0 aliphatic carbocycles. The second-order valence-corrected chi connectivity index (χ2v) is 5.65. The average molecular weight is 328 g/mol. The van der Waals surface area contributed by atoms with Crippen LogP contribution in [0.25, 0.3) is 0 Å². The zero-order valence-corrected chi connectivity index (χ0v) is 13.0. The van der Waals surface area contributed by atoms with Gasteiger partial charge >= 0.3 is 0 Å². The summed E-state index contributed by atoms with van der Waals surface area (Å²) >= 11 is 1.31. The molecule has 2 N–H and O–H groups in total. The van der Waals surface area contributed by atoms with Crippen molar-refractivity contribution in [3.8, 4) is 0 Å². The molecule has 3 rings (SSSR count). The Morgan fingerprint density at radius 1 is 1.13 bits per heavy atom. The number of halogens is 1. The number of carbonyl (C=O) groups is 1. The highest BCUT2D eigenvalue weighted by Crippen LogP contribution is 2.20. The number of carbonyl (C=O) groups excluding carboxylic acids is 1. The number of pyridine rings is 1. The van der Waals surface area contributed by atoms with Gasteiger partial charge in [0.2, 0.25) is 0 Å². The first-order valence-electron chi connectivity index (χ1n) is 6.83. The van der Waals surface area contributed by atoms with Crippen molar-refractivity contribution in [1.82, 2.24) is 9.97 Å². The summed E-state index contributed by atoms with van der Waals surface area (Å²) in [7, 11) is 0. The number of hydrogen-bond acceptors (Lipinski definition) is 5. The molecule has 0 saturated carbocycles. The van der Waals surface area contributed by atoms with E-state index in [9.17, 15) is 9.18 Å². The van der Waals surface area contributed by atoms with Gasteiger partial charge in [-0.1, -0.05) is 6.07 Å². The molecule has 0 fully saturated rings. The van der Waals surface area contributed by atoms with Gasteiger partial charge in [-0.2, -0.15) is 0 Å². The minimum absolute atomic E-state index is 0.287. The van der Waals surface area contributed by atoms with Gasteiger partial charge in [0, 0.05) is 16.8 Å². The highest BCUT2D eigenvalue weighted by atomic mass is 32.1. The third-order valence-corrected chi connectivity index (χ3v) is 3.72. The summed E-state index contributed by atoms with van der Waals surface area (Å²) in [6.07, 6.45) is 0. The Labute approximate surface area is 136 Å². The number of nitrogens with zero attached hydrogens (tertiary/aromatic N) is 2. The van der Waals surface area contributed by atoms with E-state index in [2.05, 4.69) is 20.6 Å². The van der Waals surface area contributed by atoms with Crippen LogP contribution in [0.1, 0.15) is 16.2 Å². The summed E-state index contributed by atoms with van der Waals surface area (Å²) in [6.45, 7) is 1.90. The number of nitrogens with one attached hydrogen (secondary N) is 2. The Kier molecular flexibility index (Phi) is 4.29. The standard InChI is InChI=1S/C16H13FN4OS/c1-10-3-2-4-14(18-10)21-16-20-13(9-23-16)15(22)19-12-7-5-11(17)6-8-12/h2-9H,1H3,(H,19,22)(H,18,20,21). The van der Waals surface area contributed by atoms with Crippen LogP contribution in [0.4, 0.5) is 21.0 Å². The lowest BCUT2D eigenvalue weighted by Crippen LogP contribution is -2.12. The van der Waals surface area contributed by atoms with Crippen LogP contribution >= 0.6 is 11.3 Å². The van der Waals surface area contributed by atoms with E-state index in [1.165, 1.54) is 35.6 Å². The van der Waals surface area contributed by atoms with Gasteiger partial charge in [0.15, 0.2) is 5.13 Å². The van der Waals surface area contributed by atoms with Crippen LogP contribution in [0.5, 0.6) is 0 Å². The van der Waals surface area contributed by atoms with E-state index in [0.29, 0.717) is 16.6 Å². The second kappa shape index (κ2) is 6.53. The largest absolute Gasteiger partial charge is 0.321 e. The number of hydrogen-bond donors (Lipinski definition) is 2. The van der Waals surface area contributed by atoms with E-state index >= 15 is 0 Å². The molecule has 7 heteroatoms. The zero-order valence-electron chi connectivity index (χ0n) is 12.2. The van der Waals surface area contributed by atoms with Crippen molar-refractivity contribution in [2.45, 2.75) is 6.92 Å². The van der Waals surface area contributed by atoms with Gasteiger partial charge in [0.1, 0.15) is 17.3 Å². The molecule has 0 radical (unpaired) electrons. The minimum Gasteiger partial charge on any atom is -0.321 e. The zero-order chi connectivity index (χ0) is 16.2. The molecular formula is C16H13FN4OS. The first-order valence-corrected chi connectivity index (χ1v) is 7.71. The maximum Gasteiger partial charge on any atom is 0.275 e. The molecular weight excluding hydrogens is 315 g/mol. The summed E-state index contributed by atoms with van der Waals surface area (Å²) in [4.78, 5) is 20.7. The van der Waals surface area contributed by atoms with Crippen molar-refractivity contribution in [2.75, 3.05) is 10.6 Å². The van der Waals surface area contributed by atoms with Crippen LogP contribution < -0.4 is 10.6 Å². The van der Waals surface area contributed by atoms with Gasteiger partial charge in [-0.15, -0.1) is 11.3 Å². The lowest BCUT2D eigenvalue weighted by molar-refractivity contribution is 0.102. The number of anilines is 3. The van der Waals surface area contributed by atoms with E-state index in [1.807, 2.05) is 25.1 Å². The Bertz CT molecular complexity index is 832. The highest BCUT2D eigenvalue weighted by molar-refractivity contribution is 7.14. The molecule has 1 amide bonds. The third-order valence-electron chi connectivity index (χ3n) is 2.96. The van der Waals surface area contributed by atoms with Gasteiger partial charge in [0.25, 0.3) is 5.91 Å². The molecule has 0 unspecified atom stereocenters. The van der Waals surface area contributed by atoms with Crippen LogP contribution in [0, 0.1) is 12.7 Å². The molecule has 0 bridgehead atoms. The topological polar surface area (TPSA) is 66.9 Å². The normalized spacial score (nSPS) is 10.3. The monoisotopic (exact) mass is 328 g/mol. The third kappa shape index (κ3) is 3.89. The summed E-state index contributed by atoms with van der Waals surface area (Å²) in [5, 5.41) is 7.95. The first-order chi connectivity index (χ1) is 11.1. The molecule has 0 aliphatic rings. The van der Waals surface area contributed by atoms with E-state index in [1.54, 1.807) is 5.38 Å². The molecule has 1 aromatic carbocycles. The average Bonchev–Trinajstić information content (AvgIpc) is 2.98. The Hall–Kier alpha value is -2.80. The number of aryl methyl sites for hydroxylation is 1. The number of amides is 1. The van der Waals surface area contributed by atoms with Crippen molar-refractivity contribution in [3.63, 3.8) is 0 Å². The summed E-state index contributed by atoms with van der Waals surface area (Å²) in [5.74, 6) is -0.0308. The van der Waals surface area contributed by atoms with Crippen LogP contribution in [-0.2, 0) is 0 Å². The van der Waals surface area contributed by atoms with Gasteiger partial charge in [0.05, 0.1) is 0 Å². The van der Waals surface area contributed by atoms with Crippen molar-refractivity contribution in [2.24, 2.45) is 0 Å². The van der Waals surface area contributed by atoms with Crippen LogP contribution in [0.15, 0.2) is 47.8 Å². The predicted octanol–water partition coefficient (Wildman–Crippen LogP) is 3.98. The van der Waals surface area contributed by atoms with Crippen molar-refractivity contribution in [3.05, 3.63) is 65.0 Å². The maximum absolute atomic E-state index is 12.8. The molecule has 116 valence electrons. The molecule has 5 nitrogen and oxygen atoms in total. The fraction of sp³-hybridized carbons (Fsp3) is 0.0625. The van der Waals surface area contributed by atoms with Crippen molar-refractivity contribution < 1.29 is 9.18 Å². The fourth-order valence-electron chi connectivity index (χ4n) is 1.89. The first kappa shape index (κ1) is 15.1. The molecule has 3 aromatic rings. The summed E-state index contributed by atoms with van der Waals surface area (Å²) < 4.78 is 12.8. The Morgan fingerprint density at radius 3 is 2.65 bits per heavy atom. The lowest BCUT2D eigenvalue weighted by Gasteiger charge is -2.03. The number of rotatable bonds is 4. The molecule has 2 heterocycles. The van der Waals surface area contributed by atoms with E-state index in [4.69, 9.17) is 0 Å². The number of benzene rings is 1. The summed E-state index contributed by atoms with van der Waals surface area (Å²) in [5.41, 5.74) is 1.69. The van der Waals surface area contributed by atoms with Gasteiger partial charge in [-0.05, 0) is 43.3 Å². The van der Waals surface area contributed by atoms with Gasteiger partial charge in [-0.25, -0.2) is 14.4 Å². The molecule has 0 atom stereocenters. The van der Waals surface area contributed by atoms with Crippen LogP contribution in [0.3, 0.4) is 0 Å². The predicted molar refractivity (Wildman–Crippen MR) is 88.7 cm³/mol. The molecule has 23 heavy (non-hydrogen) atoms. The Balaban J connectivity index is 1.68. The Morgan fingerprint density at radius 2 is 1.91 bits per heavy atom. The van der Waals surface area contributed by atoms with Gasteiger partial charge < -0.3 is 10.6 Å². The van der Waals surface area contributed by atoms with Crippen molar-refractivity contribution >= 4 is 33.9 Å². The van der Waals surface area contributed by atoms with Gasteiger partial charge in [-0.3, -0.25) is 4.79 Å². The van der Waals surface area contributed by atoms with E-state index in [0.717, 1.165) is 5.69 Å². The number of thiazole rings is 1.